The Kier molecular flexibility index (Phi) is 11.3. The average molecular weight is 450 g/mol. The molecule has 3 aromatic rings. The van der Waals surface area contributed by atoms with E-state index < -0.39 is 4.92 Å². The highest BCUT2D eigenvalue weighted by molar-refractivity contribution is 8.00. The lowest BCUT2D eigenvalue weighted by atomic mass is 10.1. The SMILES string of the molecule is CC.CC.COc1ccc(SNc2nc(-c3cccc([N+](=O)[O-])c3)cs2)cc1OC. The quantitative estimate of drug-likeness (QED) is 0.238. The molecular formula is C21H27N3O4S2. The summed E-state index contributed by atoms with van der Waals surface area (Å²) in [5.74, 6) is 1.31. The van der Waals surface area contributed by atoms with Gasteiger partial charge in [-0.05, 0) is 30.1 Å². The van der Waals surface area contributed by atoms with Crippen molar-refractivity contribution in [3.8, 4) is 22.8 Å². The zero-order chi connectivity index (χ0) is 22.5. The van der Waals surface area contributed by atoms with Gasteiger partial charge in [0.1, 0.15) is 0 Å². The Hall–Kier alpha value is -2.78. The number of nitrogens with one attached hydrogen (secondary N) is 1. The van der Waals surface area contributed by atoms with Gasteiger partial charge in [-0.3, -0.25) is 10.1 Å². The molecule has 1 heterocycles. The lowest BCUT2D eigenvalue weighted by molar-refractivity contribution is -0.384. The number of thiazole rings is 1. The van der Waals surface area contributed by atoms with E-state index in [4.69, 9.17) is 9.47 Å². The van der Waals surface area contributed by atoms with Crippen LogP contribution in [-0.4, -0.2) is 24.1 Å². The number of methoxy groups -OCH3 is 2. The predicted octanol–water partition coefficient (Wildman–Crippen LogP) is 6.91. The fourth-order valence-corrected chi connectivity index (χ4v) is 3.65. The first-order chi connectivity index (χ1) is 14.6. The van der Waals surface area contributed by atoms with Crippen LogP contribution in [0.5, 0.6) is 11.5 Å². The largest absolute Gasteiger partial charge is 0.493 e. The molecule has 1 N–H and O–H groups in total. The van der Waals surface area contributed by atoms with Gasteiger partial charge in [0.05, 0.1) is 24.8 Å². The van der Waals surface area contributed by atoms with Gasteiger partial charge < -0.3 is 14.2 Å². The molecule has 0 saturated heterocycles. The van der Waals surface area contributed by atoms with Crippen molar-refractivity contribution in [1.29, 1.82) is 0 Å². The average Bonchev–Trinajstić information content (AvgIpc) is 3.29. The highest BCUT2D eigenvalue weighted by atomic mass is 32.2. The number of anilines is 1. The van der Waals surface area contributed by atoms with Crippen molar-refractivity contribution in [3.05, 3.63) is 58.0 Å². The predicted molar refractivity (Wildman–Crippen MR) is 126 cm³/mol. The molecule has 0 aliphatic carbocycles. The summed E-state index contributed by atoms with van der Waals surface area (Å²) in [7, 11) is 3.18. The zero-order valence-electron chi connectivity index (χ0n) is 18.0. The summed E-state index contributed by atoms with van der Waals surface area (Å²) in [5.41, 5.74) is 1.44. The monoisotopic (exact) mass is 449 g/mol. The van der Waals surface area contributed by atoms with Crippen molar-refractivity contribution < 1.29 is 14.4 Å². The third-order valence-corrected chi connectivity index (χ3v) is 5.14. The molecule has 0 aliphatic heterocycles. The standard InChI is InChI=1S/C17H15N3O4S2.2C2H6/c1-23-15-7-6-13(9-16(15)24-2)26-19-17-18-14(10-25-17)11-4-3-5-12(8-11)20(21)22;2*1-2/h3-10H,1-2H3,(H,18,19);2*1-2H3. The molecule has 1 aromatic heterocycles. The maximum Gasteiger partial charge on any atom is 0.270 e. The minimum Gasteiger partial charge on any atom is -0.493 e. The van der Waals surface area contributed by atoms with Crippen LogP contribution in [0.1, 0.15) is 27.7 Å². The molecule has 0 radical (unpaired) electrons. The Morgan fingerprint density at radius 3 is 2.37 bits per heavy atom. The van der Waals surface area contributed by atoms with Crippen molar-refractivity contribution in [1.82, 2.24) is 4.98 Å². The number of nitrogens with zero attached hydrogens (tertiary/aromatic N) is 2. The number of nitro groups is 1. The molecule has 0 amide bonds. The molecule has 0 spiro atoms. The Morgan fingerprint density at radius 1 is 1.03 bits per heavy atom. The van der Waals surface area contributed by atoms with E-state index in [1.165, 1.54) is 35.4 Å². The smallest absolute Gasteiger partial charge is 0.270 e. The molecule has 0 atom stereocenters. The molecule has 3 rings (SSSR count). The second kappa shape index (κ2) is 13.4. The normalized spacial score (nSPS) is 9.40. The second-order valence-electron chi connectivity index (χ2n) is 5.07. The van der Waals surface area contributed by atoms with Crippen molar-refractivity contribution >= 4 is 34.1 Å². The molecule has 7 nitrogen and oxygen atoms in total. The van der Waals surface area contributed by atoms with E-state index in [9.17, 15) is 10.1 Å². The van der Waals surface area contributed by atoms with Gasteiger partial charge in [0, 0.05) is 28.0 Å². The van der Waals surface area contributed by atoms with Gasteiger partial charge in [0.15, 0.2) is 16.6 Å². The third kappa shape index (κ3) is 6.93. The van der Waals surface area contributed by atoms with E-state index in [2.05, 4.69) is 9.71 Å². The van der Waals surface area contributed by atoms with Gasteiger partial charge in [-0.25, -0.2) is 4.98 Å². The third-order valence-electron chi connectivity index (χ3n) is 3.47. The molecule has 0 fully saturated rings. The number of nitro benzene ring substituents is 1. The van der Waals surface area contributed by atoms with Gasteiger partial charge in [0.25, 0.3) is 5.69 Å². The van der Waals surface area contributed by atoms with Gasteiger partial charge in [-0.15, -0.1) is 11.3 Å². The molecule has 30 heavy (non-hydrogen) atoms. The van der Waals surface area contributed by atoms with E-state index >= 15 is 0 Å². The molecule has 0 aliphatic rings. The zero-order valence-corrected chi connectivity index (χ0v) is 19.6. The highest BCUT2D eigenvalue weighted by Crippen LogP contribution is 2.34. The first-order valence-electron chi connectivity index (χ1n) is 9.46. The number of ether oxygens (including phenoxy) is 2. The van der Waals surface area contributed by atoms with Gasteiger partial charge in [-0.1, -0.05) is 39.8 Å². The fraction of sp³-hybridized carbons (Fsp3) is 0.286. The summed E-state index contributed by atoms with van der Waals surface area (Å²) in [6, 6.07) is 12.0. The maximum atomic E-state index is 10.9. The molecule has 9 heteroatoms. The van der Waals surface area contributed by atoms with Crippen LogP contribution in [0.4, 0.5) is 10.8 Å². The number of hydrogen-bond donors (Lipinski definition) is 1. The highest BCUT2D eigenvalue weighted by Gasteiger charge is 2.11. The van der Waals surface area contributed by atoms with E-state index in [0.717, 1.165) is 4.90 Å². The van der Waals surface area contributed by atoms with Crippen LogP contribution in [0.3, 0.4) is 0 Å². The minimum absolute atomic E-state index is 0.0460. The molecule has 162 valence electrons. The minimum atomic E-state index is -0.415. The van der Waals surface area contributed by atoms with Crippen LogP contribution in [0, 0.1) is 10.1 Å². The van der Waals surface area contributed by atoms with E-state index in [1.807, 2.05) is 51.3 Å². The fourth-order valence-electron chi connectivity index (χ4n) is 2.21. The first-order valence-corrected chi connectivity index (χ1v) is 11.2. The van der Waals surface area contributed by atoms with Crippen LogP contribution in [-0.2, 0) is 0 Å². The van der Waals surface area contributed by atoms with Crippen LogP contribution in [0.15, 0.2) is 52.7 Å². The van der Waals surface area contributed by atoms with Crippen LogP contribution in [0.25, 0.3) is 11.3 Å². The van der Waals surface area contributed by atoms with Crippen LogP contribution < -0.4 is 14.2 Å². The number of rotatable bonds is 7. The summed E-state index contributed by atoms with van der Waals surface area (Å²) in [6.07, 6.45) is 0. The summed E-state index contributed by atoms with van der Waals surface area (Å²) in [6.45, 7) is 8.00. The molecule has 0 unspecified atom stereocenters. The maximum absolute atomic E-state index is 10.9. The van der Waals surface area contributed by atoms with Gasteiger partial charge >= 0.3 is 0 Å². The molecule has 0 saturated carbocycles. The summed E-state index contributed by atoms with van der Waals surface area (Å²) in [4.78, 5) is 15.9. The van der Waals surface area contributed by atoms with Gasteiger partial charge in [0.2, 0.25) is 0 Å². The number of aromatic nitrogens is 1. The molecule has 0 bridgehead atoms. The number of benzene rings is 2. The first kappa shape index (κ1) is 25.3. The lowest BCUT2D eigenvalue weighted by Gasteiger charge is -2.09. The Morgan fingerprint density at radius 2 is 1.73 bits per heavy atom. The molecule has 2 aromatic carbocycles. The van der Waals surface area contributed by atoms with Crippen LogP contribution in [0.2, 0.25) is 0 Å². The summed E-state index contributed by atoms with van der Waals surface area (Å²) >= 11 is 2.82. The van der Waals surface area contributed by atoms with Crippen molar-refractivity contribution in [2.24, 2.45) is 0 Å². The van der Waals surface area contributed by atoms with E-state index in [-0.39, 0.29) is 5.69 Å². The molecular weight excluding hydrogens is 422 g/mol. The van der Waals surface area contributed by atoms with Crippen molar-refractivity contribution in [3.63, 3.8) is 0 Å². The van der Waals surface area contributed by atoms with E-state index in [1.54, 1.807) is 26.4 Å². The summed E-state index contributed by atoms with van der Waals surface area (Å²) in [5, 5.41) is 13.5. The topological polar surface area (TPSA) is 86.5 Å². The van der Waals surface area contributed by atoms with Crippen molar-refractivity contribution in [2.45, 2.75) is 32.6 Å². The number of non-ortho nitro benzene ring substituents is 1. The lowest BCUT2D eigenvalue weighted by Crippen LogP contribution is -1.92. The van der Waals surface area contributed by atoms with Crippen molar-refractivity contribution in [2.75, 3.05) is 18.9 Å². The summed E-state index contributed by atoms with van der Waals surface area (Å²) < 4.78 is 13.7. The van der Waals surface area contributed by atoms with Gasteiger partial charge in [-0.2, -0.15) is 0 Å². The van der Waals surface area contributed by atoms with E-state index in [0.29, 0.717) is 27.9 Å². The number of hydrogen-bond acceptors (Lipinski definition) is 8. The Bertz CT molecular complexity index is 932. The Labute approximate surface area is 185 Å². The van der Waals surface area contributed by atoms with Crippen LogP contribution >= 0.6 is 23.3 Å². The Balaban J connectivity index is 0.00000106. The second-order valence-corrected chi connectivity index (χ2v) is 6.80.